The predicted molar refractivity (Wildman–Crippen MR) is 83.0 cm³/mol. The number of benzene rings is 1. The van der Waals surface area contributed by atoms with Crippen molar-refractivity contribution < 1.29 is 4.74 Å². The van der Waals surface area contributed by atoms with Gasteiger partial charge in [0.2, 0.25) is 5.16 Å². The predicted octanol–water partition coefficient (Wildman–Crippen LogP) is 3.34. The van der Waals surface area contributed by atoms with E-state index in [0.29, 0.717) is 0 Å². The summed E-state index contributed by atoms with van der Waals surface area (Å²) in [4.78, 5) is 0. The lowest BCUT2D eigenvalue weighted by Crippen LogP contribution is -2.09. The van der Waals surface area contributed by atoms with Gasteiger partial charge in [-0.3, -0.25) is 0 Å². The molecule has 0 radical (unpaired) electrons. The molecule has 112 valence electrons. The Bertz CT molecular complexity index is 563. The lowest BCUT2D eigenvalue weighted by molar-refractivity contribution is 0.390. The molecule has 5 nitrogen and oxygen atoms in total. The lowest BCUT2D eigenvalue weighted by Gasteiger charge is -2.20. The Morgan fingerprint density at radius 1 is 1.19 bits per heavy atom. The second kappa shape index (κ2) is 6.93. The van der Waals surface area contributed by atoms with Crippen molar-refractivity contribution in [3.63, 3.8) is 0 Å². The van der Waals surface area contributed by atoms with Crippen LogP contribution >= 0.6 is 11.8 Å². The van der Waals surface area contributed by atoms with Gasteiger partial charge in [0, 0.05) is 5.75 Å². The molecule has 21 heavy (non-hydrogen) atoms. The van der Waals surface area contributed by atoms with Crippen LogP contribution in [-0.2, 0) is 0 Å². The van der Waals surface area contributed by atoms with E-state index >= 15 is 0 Å². The van der Waals surface area contributed by atoms with E-state index in [0.717, 1.165) is 28.3 Å². The molecule has 0 saturated heterocycles. The van der Waals surface area contributed by atoms with Crippen LogP contribution in [-0.4, -0.2) is 33.1 Å². The highest BCUT2D eigenvalue weighted by Gasteiger charge is 2.16. The van der Waals surface area contributed by atoms with E-state index in [1.807, 2.05) is 24.3 Å². The zero-order chi connectivity index (χ0) is 14.5. The smallest absolute Gasteiger partial charge is 0.214 e. The molecular formula is C15H20N4OS. The van der Waals surface area contributed by atoms with Crippen LogP contribution in [0.5, 0.6) is 5.75 Å². The largest absolute Gasteiger partial charge is 0.497 e. The van der Waals surface area contributed by atoms with Crippen molar-refractivity contribution in [3.05, 3.63) is 24.3 Å². The van der Waals surface area contributed by atoms with Gasteiger partial charge in [0.1, 0.15) is 5.75 Å². The number of tetrazole rings is 1. The molecule has 0 spiro atoms. The zero-order valence-corrected chi connectivity index (χ0v) is 13.1. The molecule has 0 bridgehead atoms. The molecule has 1 aromatic heterocycles. The summed E-state index contributed by atoms with van der Waals surface area (Å²) >= 11 is 1.76. The minimum atomic E-state index is 0.810. The first-order valence-corrected chi connectivity index (χ1v) is 8.41. The molecule has 0 unspecified atom stereocenters. The number of ether oxygens (including phenoxy) is 1. The molecule has 6 heteroatoms. The minimum Gasteiger partial charge on any atom is -0.497 e. The number of hydrogen-bond acceptors (Lipinski definition) is 5. The first kappa shape index (κ1) is 14.4. The summed E-state index contributed by atoms with van der Waals surface area (Å²) in [6, 6.07) is 7.79. The van der Waals surface area contributed by atoms with Crippen molar-refractivity contribution in [1.82, 2.24) is 20.2 Å². The van der Waals surface area contributed by atoms with Gasteiger partial charge in [-0.1, -0.05) is 31.0 Å². The summed E-state index contributed by atoms with van der Waals surface area (Å²) in [5.74, 6) is 2.75. The SMILES string of the molecule is COc1ccc(-n2nnnc2SCC2CCCCC2)cc1. The van der Waals surface area contributed by atoms with Gasteiger partial charge in [0.25, 0.3) is 0 Å². The Morgan fingerprint density at radius 2 is 1.95 bits per heavy atom. The normalized spacial score (nSPS) is 16.0. The van der Waals surface area contributed by atoms with Crippen LogP contribution in [0.4, 0.5) is 0 Å². The van der Waals surface area contributed by atoms with E-state index in [1.165, 1.54) is 32.1 Å². The van der Waals surface area contributed by atoms with E-state index in [9.17, 15) is 0 Å². The Hall–Kier alpha value is -1.56. The molecule has 1 aromatic carbocycles. The Balaban J connectivity index is 1.67. The van der Waals surface area contributed by atoms with E-state index in [4.69, 9.17) is 4.74 Å². The molecule has 0 atom stereocenters. The maximum Gasteiger partial charge on any atom is 0.214 e. The fraction of sp³-hybridized carbons (Fsp3) is 0.533. The third kappa shape index (κ3) is 3.56. The van der Waals surface area contributed by atoms with E-state index in [2.05, 4.69) is 15.5 Å². The van der Waals surface area contributed by atoms with Gasteiger partial charge >= 0.3 is 0 Å². The topological polar surface area (TPSA) is 52.8 Å². The summed E-state index contributed by atoms with van der Waals surface area (Å²) in [7, 11) is 1.66. The molecule has 1 saturated carbocycles. The second-order valence-electron chi connectivity index (χ2n) is 5.39. The molecule has 3 rings (SSSR count). The summed E-state index contributed by atoms with van der Waals surface area (Å²) in [5, 5.41) is 12.9. The van der Waals surface area contributed by atoms with Crippen LogP contribution in [0.3, 0.4) is 0 Å². The number of hydrogen-bond donors (Lipinski definition) is 0. The van der Waals surface area contributed by atoms with Crippen LogP contribution < -0.4 is 4.74 Å². The quantitative estimate of drug-likeness (QED) is 0.793. The minimum absolute atomic E-state index is 0.810. The average Bonchev–Trinajstić information content (AvgIpc) is 3.02. The molecule has 1 aliphatic rings. The fourth-order valence-corrected chi connectivity index (χ4v) is 3.78. The van der Waals surface area contributed by atoms with Crippen LogP contribution in [0.25, 0.3) is 5.69 Å². The van der Waals surface area contributed by atoms with Gasteiger partial charge in [-0.25, -0.2) is 0 Å². The number of methoxy groups -OCH3 is 1. The average molecular weight is 304 g/mol. The number of aromatic nitrogens is 4. The van der Waals surface area contributed by atoms with Crippen LogP contribution in [0.1, 0.15) is 32.1 Å². The third-order valence-electron chi connectivity index (χ3n) is 3.93. The Kier molecular flexibility index (Phi) is 4.75. The molecular weight excluding hydrogens is 284 g/mol. The molecule has 0 aliphatic heterocycles. The van der Waals surface area contributed by atoms with Gasteiger partial charge in [-0.15, -0.1) is 5.10 Å². The fourth-order valence-electron chi connectivity index (χ4n) is 2.70. The number of nitrogens with zero attached hydrogens (tertiary/aromatic N) is 4. The molecule has 2 aromatic rings. The number of rotatable bonds is 5. The van der Waals surface area contributed by atoms with Gasteiger partial charge in [0.15, 0.2) is 0 Å². The van der Waals surface area contributed by atoms with Gasteiger partial charge in [-0.2, -0.15) is 4.68 Å². The van der Waals surface area contributed by atoms with E-state index in [1.54, 1.807) is 23.6 Å². The van der Waals surface area contributed by atoms with Crippen LogP contribution in [0.15, 0.2) is 29.4 Å². The van der Waals surface area contributed by atoms with E-state index < -0.39 is 0 Å². The second-order valence-corrected chi connectivity index (χ2v) is 6.37. The van der Waals surface area contributed by atoms with Gasteiger partial charge in [0.05, 0.1) is 12.8 Å². The monoisotopic (exact) mass is 304 g/mol. The maximum absolute atomic E-state index is 5.18. The van der Waals surface area contributed by atoms with Crippen LogP contribution in [0.2, 0.25) is 0 Å². The molecule has 0 N–H and O–H groups in total. The summed E-state index contributed by atoms with van der Waals surface area (Å²) in [5.41, 5.74) is 0.965. The Labute approximate surface area is 129 Å². The van der Waals surface area contributed by atoms with Crippen molar-refractivity contribution in [2.75, 3.05) is 12.9 Å². The Morgan fingerprint density at radius 3 is 2.67 bits per heavy atom. The third-order valence-corrected chi connectivity index (χ3v) is 5.08. The number of thioether (sulfide) groups is 1. The lowest BCUT2D eigenvalue weighted by atomic mass is 9.91. The molecule has 0 amide bonds. The summed E-state index contributed by atoms with van der Waals surface area (Å²) in [6.45, 7) is 0. The van der Waals surface area contributed by atoms with Crippen molar-refractivity contribution in [1.29, 1.82) is 0 Å². The van der Waals surface area contributed by atoms with Crippen molar-refractivity contribution >= 4 is 11.8 Å². The highest BCUT2D eigenvalue weighted by Crippen LogP contribution is 2.29. The molecule has 1 heterocycles. The van der Waals surface area contributed by atoms with Crippen LogP contribution in [0, 0.1) is 5.92 Å². The first-order chi connectivity index (χ1) is 10.4. The maximum atomic E-state index is 5.18. The van der Waals surface area contributed by atoms with Gasteiger partial charge in [-0.05, 0) is 53.5 Å². The van der Waals surface area contributed by atoms with Crippen molar-refractivity contribution in [3.8, 4) is 11.4 Å². The first-order valence-electron chi connectivity index (χ1n) is 7.42. The highest BCUT2D eigenvalue weighted by atomic mass is 32.2. The standard InChI is InChI=1S/C15H20N4OS/c1-20-14-9-7-13(8-10-14)19-15(16-17-18-19)21-11-12-5-3-2-4-6-12/h7-10,12H,2-6,11H2,1H3. The molecule has 1 aliphatic carbocycles. The molecule has 1 fully saturated rings. The van der Waals surface area contributed by atoms with Crippen molar-refractivity contribution in [2.24, 2.45) is 5.92 Å². The summed E-state index contributed by atoms with van der Waals surface area (Å²) in [6.07, 6.45) is 6.82. The summed E-state index contributed by atoms with van der Waals surface area (Å²) < 4.78 is 6.98. The zero-order valence-electron chi connectivity index (χ0n) is 12.2. The van der Waals surface area contributed by atoms with Gasteiger partial charge < -0.3 is 4.74 Å². The van der Waals surface area contributed by atoms with E-state index in [-0.39, 0.29) is 0 Å². The highest BCUT2D eigenvalue weighted by molar-refractivity contribution is 7.99. The van der Waals surface area contributed by atoms with Crippen molar-refractivity contribution in [2.45, 2.75) is 37.3 Å².